The average molecular weight is 317 g/mol. The number of nitrogens with one attached hydrogen (secondary N) is 1. The quantitative estimate of drug-likeness (QED) is 0.734. The predicted octanol–water partition coefficient (Wildman–Crippen LogP) is 2.30. The average Bonchev–Trinajstić information content (AvgIpc) is 2.99. The van der Waals surface area contributed by atoms with E-state index in [1.54, 1.807) is 0 Å². The highest BCUT2D eigenvalue weighted by Gasteiger charge is 2.29. The van der Waals surface area contributed by atoms with Crippen LogP contribution >= 0.6 is 23.5 Å². The number of nitroso groups, excluding NO2 is 1. The summed E-state index contributed by atoms with van der Waals surface area (Å²) in [4.78, 5) is 23.0. The van der Waals surface area contributed by atoms with Gasteiger partial charge in [0.1, 0.15) is 0 Å². The summed E-state index contributed by atoms with van der Waals surface area (Å²) in [5.74, 6) is 2.26. The van der Waals surface area contributed by atoms with Crippen LogP contribution in [-0.2, 0) is 4.79 Å². The van der Waals surface area contributed by atoms with E-state index < -0.39 is 12.2 Å². The topological polar surface area (TPSA) is 84.6 Å². The van der Waals surface area contributed by atoms with Crippen molar-refractivity contribution >= 4 is 29.4 Å². The lowest BCUT2D eigenvalue weighted by Crippen LogP contribution is -2.49. The number of amides is 1. The number of rotatable bonds is 6. The van der Waals surface area contributed by atoms with Crippen molar-refractivity contribution in [1.29, 1.82) is 0 Å². The van der Waals surface area contributed by atoms with Crippen molar-refractivity contribution in [1.82, 2.24) is 5.32 Å². The number of hydrogen-bond donors (Lipinski definition) is 2. The van der Waals surface area contributed by atoms with Gasteiger partial charge in [0.25, 0.3) is 0 Å². The SMILES string of the molecule is N[C@H](C(=O)N[C@@H](CC1SCCS1)N=O)C1CCCCC1. The molecule has 2 aliphatic rings. The van der Waals surface area contributed by atoms with Crippen LogP contribution in [0.25, 0.3) is 0 Å². The molecule has 114 valence electrons. The first-order chi connectivity index (χ1) is 9.70. The summed E-state index contributed by atoms with van der Waals surface area (Å²) in [6, 6.07) is -0.497. The molecule has 0 spiro atoms. The maximum absolute atomic E-state index is 12.1. The Morgan fingerprint density at radius 3 is 2.50 bits per heavy atom. The van der Waals surface area contributed by atoms with E-state index in [-0.39, 0.29) is 11.8 Å². The third-order valence-electron chi connectivity index (χ3n) is 4.00. The van der Waals surface area contributed by atoms with E-state index in [9.17, 15) is 9.70 Å². The minimum atomic E-state index is -0.639. The van der Waals surface area contributed by atoms with Gasteiger partial charge in [0.2, 0.25) is 5.91 Å². The number of carbonyl (C=O) groups is 1. The van der Waals surface area contributed by atoms with Gasteiger partial charge in [0.05, 0.1) is 10.6 Å². The van der Waals surface area contributed by atoms with Crippen LogP contribution in [-0.4, -0.2) is 34.2 Å². The second-order valence-corrected chi connectivity index (χ2v) is 8.38. The summed E-state index contributed by atoms with van der Waals surface area (Å²) in [7, 11) is 0. The Balaban J connectivity index is 1.79. The Kier molecular flexibility index (Phi) is 6.64. The van der Waals surface area contributed by atoms with E-state index in [4.69, 9.17) is 5.73 Å². The molecule has 1 saturated heterocycles. The lowest BCUT2D eigenvalue weighted by molar-refractivity contribution is -0.124. The van der Waals surface area contributed by atoms with Crippen molar-refractivity contribution in [2.24, 2.45) is 16.8 Å². The van der Waals surface area contributed by atoms with Gasteiger partial charge in [-0.3, -0.25) is 4.79 Å². The number of hydrogen-bond acceptors (Lipinski definition) is 6. The Morgan fingerprint density at radius 2 is 1.90 bits per heavy atom. The molecule has 3 N–H and O–H groups in total. The number of nitrogens with zero attached hydrogens (tertiary/aromatic N) is 1. The second kappa shape index (κ2) is 8.24. The molecule has 1 amide bonds. The van der Waals surface area contributed by atoms with Gasteiger partial charge in [-0.2, -0.15) is 0 Å². The lowest BCUT2D eigenvalue weighted by atomic mass is 9.84. The molecule has 5 nitrogen and oxygen atoms in total. The highest BCUT2D eigenvalue weighted by atomic mass is 32.2. The Morgan fingerprint density at radius 1 is 1.25 bits per heavy atom. The molecule has 0 bridgehead atoms. The molecule has 2 fully saturated rings. The summed E-state index contributed by atoms with van der Waals surface area (Å²) in [5, 5.41) is 5.78. The minimum Gasteiger partial charge on any atom is -0.330 e. The maximum Gasteiger partial charge on any atom is 0.238 e. The van der Waals surface area contributed by atoms with E-state index in [0.29, 0.717) is 11.0 Å². The molecule has 1 saturated carbocycles. The van der Waals surface area contributed by atoms with Gasteiger partial charge in [0.15, 0.2) is 6.17 Å². The van der Waals surface area contributed by atoms with E-state index in [1.807, 2.05) is 23.5 Å². The zero-order valence-corrected chi connectivity index (χ0v) is 13.3. The zero-order chi connectivity index (χ0) is 14.4. The molecule has 7 heteroatoms. The first-order valence-corrected chi connectivity index (χ1v) is 9.42. The summed E-state index contributed by atoms with van der Waals surface area (Å²) in [6.07, 6.45) is 5.53. The summed E-state index contributed by atoms with van der Waals surface area (Å²) >= 11 is 3.66. The van der Waals surface area contributed by atoms with Crippen molar-refractivity contribution in [3.05, 3.63) is 4.91 Å². The van der Waals surface area contributed by atoms with Crippen LogP contribution in [0, 0.1) is 10.8 Å². The molecule has 0 aromatic rings. The second-order valence-electron chi connectivity index (χ2n) is 5.46. The smallest absolute Gasteiger partial charge is 0.238 e. The molecule has 20 heavy (non-hydrogen) atoms. The van der Waals surface area contributed by atoms with Crippen molar-refractivity contribution < 1.29 is 4.79 Å². The van der Waals surface area contributed by atoms with Gasteiger partial charge in [0, 0.05) is 17.9 Å². The van der Waals surface area contributed by atoms with Crippen LogP contribution in [0.2, 0.25) is 0 Å². The van der Waals surface area contributed by atoms with E-state index in [2.05, 4.69) is 10.5 Å². The third-order valence-corrected chi connectivity index (χ3v) is 7.09. The molecule has 1 aliphatic heterocycles. The Labute approximate surface area is 128 Å². The molecule has 2 rings (SSSR count). The third kappa shape index (κ3) is 4.63. The van der Waals surface area contributed by atoms with Crippen LogP contribution in [0.15, 0.2) is 5.18 Å². The van der Waals surface area contributed by atoms with Gasteiger partial charge in [-0.1, -0.05) is 19.3 Å². The van der Waals surface area contributed by atoms with Gasteiger partial charge >= 0.3 is 0 Å². The van der Waals surface area contributed by atoms with Crippen molar-refractivity contribution in [2.45, 2.75) is 55.3 Å². The summed E-state index contributed by atoms with van der Waals surface area (Å²) in [6.45, 7) is 0. The molecular formula is C13H23N3O2S2. The van der Waals surface area contributed by atoms with Crippen molar-refractivity contribution in [3.63, 3.8) is 0 Å². The predicted molar refractivity (Wildman–Crippen MR) is 85.6 cm³/mol. The van der Waals surface area contributed by atoms with Gasteiger partial charge < -0.3 is 11.1 Å². The molecule has 0 aromatic carbocycles. The monoisotopic (exact) mass is 317 g/mol. The fourth-order valence-electron chi connectivity index (χ4n) is 2.82. The Bertz CT molecular complexity index is 332. The van der Waals surface area contributed by atoms with Crippen LogP contribution < -0.4 is 11.1 Å². The van der Waals surface area contributed by atoms with Gasteiger partial charge in [-0.25, -0.2) is 0 Å². The maximum atomic E-state index is 12.1. The lowest BCUT2D eigenvalue weighted by Gasteiger charge is -2.27. The molecule has 0 radical (unpaired) electrons. The number of thioether (sulfide) groups is 2. The van der Waals surface area contributed by atoms with Gasteiger partial charge in [-0.05, 0) is 23.9 Å². The summed E-state index contributed by atoms with van der Waals surface area (Å²) in [5.41, 5.74) is 6.04. The van der Waals surface area contributed by atoms with Crippen LogP contribution in [0.1, 0.15) is 38.5 Å². The van der Waals surface area contributed by atoms with E-state index in [0.717, 1.165) is 37.2 Å². The molecule has 0 unspecified atom stereocenters. The highest BCUT2D eigenvalue weighted by Crippen LogP contribution is 2.35. The Hall–Kier alpha value is -0.270. The molecule has 1 heterocycles. The van der Waals surface area contributed by atoms with Crippen LogP contribution in [0.4, 0.5) is 0 Å². The fraction of sp³-hybridized carbons (Fsp3) is 0.923. The molecule has 2 atom stereocenters. The standard InChI is InChI=1S/C13H23N3O2S2/c14-12(9-4-2-1-3-5-9)13(17)15-10(16-18)8-11-19-6-7-20-11/h9-12H,1-8,14H2,(H,15,17)/t10-,12+/m1/s1. The first-order valence-electron chi connectivity index (χ1n) is 7.32. The van der Waals surface area contributed by atoms with Crippen molar-refractivity contribution in [3.8, 4) is 0 Å². The van der Waals surface area contributed by atoms with E-state index >= 15 is 0 Å². The molecule has 1 aliphatic carbocycles. The van der Waals surface area contributed by atoms with Crippen LogP contribution in [0.3, 0.4) is 0 Å². The first kappa shape index (κ1) is 16.1. The summed E-state index contributed by atoms with van der Waals surface area (Å²) < 4.78 is 0.365. The number of carbonyl (C=O) groups excluding carboxylic acids is 1. The number of nitrogens with two attached hydrogens (primary N) is 1. The minimum absolute atomic E-state index is 0.213. The van der Waals surface area contributed by atoms with Gasteiger partial charge in [-0.15, -0.1) is 28.4 Å². The van der Waals surface area contributed by atoms with Crippen molar-refractivity contribution in [2.75, 3.05) is 11.5 Å². The zero-order valence-electron chi connectivity index (χ0n) is 11.6. The molecular weight excluding hydrogens is 294 g/mol. The normalized spacial score (nSPS) is 24.2. The largest absolute Gasteiger partial charge is 0.330 e. The highest BCUT2D eigenvalue weighted by molar-refractivity contribution is 8.20. The van der Waals surface area contributed by atoms with Crippen LogP contribution in [0.5, 0.6) is 0 Å². The molecule has 0 aromatic heterocycles. The van der Waals surface area contributed by atoms with E-state index in [1.165, 1.54) is 6.42 Å². The fourth-order valence-corrected chi connectivity index (χ4v) is 5.72.